The maximum absolute atomic E-state index is 12.8. The topological polar surface area (TPSA) is 76.7 Å². The number of para-hydroxylation sites is 1. The highest BCUT2D eigenvalue weighted by molar-refractivity contribution is 6.01. The van der Waals surface area contributed by atoms with Crippen LogP contribution < -0.4 is 20.1 Å². The standard InChI is InChI=1S/C25H26N2O4/c1-17(2)23(27-24(28)18-9-13-20(30-3)14-10-18)25(29)26-19-11-15-22(16-12-19)31-21-7-5-4-6-8-21/h4-17,23H,1-3H3,(H,26,29)(H,27,28). The Morgan fingerprint density at radius 2 is 1.35 bits per heavy atom. The Balaban J connectivity index is 1.62. The maximum Gasteiger partial charge on any atom is 0.251 e. The lowest BCUT2D eigenvalue weighted by Gasteiger charge is -2.22. The number of rotatable bonds is 8. The minimum atomic E-state index is -0.685. The Labute approximate surface area is 182 Å². The number of carbonyl (C=O) groups is 2. The van der Waals surface area contributed by atoms with Crippen LogP contribution in [-0.4, -0.2) is 25.0 Å². The van der Waals surface area contributed by atoms with Gasteiger partial charge in [0.1, 0.15) is 23.3 Å². The summed E-state index contributed by atoms with van der Waals surface area (Å²) in [5, 5.41) is 5.68. The first kappa shape index (κ1) is 21.9. The molecule has 3 rings (SSSR count). The van der Waals surface area contributed by atoms with E-state index in [4.69, 9.17) is 9.47 Å². The van der Waals surface area contributed by atoms with Crippen LogP contribution in [0.5, 0.6) is 17.2 Å². The minimum Gasteiger partial charge on any atom is -0.497 e. The molecule has 1 atom stereocenters. The summed E-state index contributed by atoms with van der Waals surface area (Å²) < 4.78 is 10.9. The van der Waals surface area contributed by atoms with E-state index in [-0.39, 0.29) is 17.7 Å². The van der Waals surface area contributed by atoms with Crippen molar-refractivity contribution in [3.8, 4) is 17.2 Å². The maximum atomic E-state index is 12.8. The molecule has 3 aromatic carbocycles. The molecule has 6 nitrogen and oxygen atoms in total. The van der Waals surface area contributed by atoms with Crippen molar-refractivity contribution in [1.29, 1.82) is 0 Å². The first-order chi connectivity index (χ1) is 15.0. The molecule has 160 valence electrons. The fraction of sp³-hybridized carbons (Fsp3) is 0.200. The van der Waals surface area contributed by atoms with E-state index in [0.717, 1.165) is 5.75 Å². The van der Waals surface area contributed by atoms with Gasteiger partial charge in [0.25, 0.3) is 5.91 Å². The van der Waals surface area contributed by atoms with Crippen molar-refractivity contribution in [3.63, 3.8) is 0 Å². The summed E-state index contributed by atoms with van der Waals surface area (Å²) in [5.74, 6) is 1.37. The molecular weight excluding hydrogens is 392 g/mol. The van der Waals surface area contributed by atoms with Crippen LogP contribution in [0.1, 0.15) is 24.2 Å². The van der Waals surface area contributed by atoms with Gasteiger partial charge in [-0.3, -0.25) is 9.59 Å². The van der Waals surface area contributed by atoms with E-state index in [1.165, 1.54) is 0 Å². The molecule has 0 aliphatic carbocycles. The van der Waals surface area contributed by atoms with Crippen molar-refractivity contribution in [2.45, 2.75) is 19.9 Å². The molecule has 0 aliphatic rings. The number of anilines is 1. The summed E-state index contributed by atoms with van der Waals surface area (Å²) in [7, 11) is 1.56. The van der Waals surface area contributed by atoms with E-state index in [1.54, 1.807) is 55.6 Å². The van der Waals surface area contributed by atoms with Gasteiger partial charge in [-0.15, -0.1) is 0 Å². The molecule has 2 N–H and O–H groups in total. The summed E-state index contributed by atoms with van der Waals surface area (Å²) >= 11 is 0. The molecule has 0 heterocycles. The highest BCUT2D eigenvalue weighted by Crippen LogP contribution is 2.23. The van der Waals surface area contributed by atoms with Gasteiger partial charge in [0.2, 0.25) is 5.91 Å². The van der Waals surface area contributed by atoms with Crippen LogP contribution in [0.25, 0.3) is 0 Å². The SMILES string of the molecule is COc1ccc(C(=O)NC(C(=O)Nc2ccc(Oc3ccccc3)cc2)C(C)C)cc1. The Kier molecular flexibility index (Phi) is 7.27. The van der Waals surface area contributed by atoms with E-state index >= 15 is 0 Å². The molecule has 31 heavy (non-hydrogen) atoms. The molecule has 0 aromatic heterocycles. The Morgan fingerprint density at radius 3 is 1.94 bits per heavy atom. The number of hydrogen-bond acceptors (Lipinski definition) is 4. The fourth-order valence-electron chi connectivity index (χ4n) is 2.95. The van der Waals surface area contributed by atoms with Crippen LogP contribution in [0, 0.1) is 5.92 Å². The van der Waals surface area contributed by atoms with Gasteiger partial charge in [-0.05, 0) is 66.6 Å². The van der Waals surface area contributed by atoms with Gasteiger partial charge in [-0.25, -0.2) is 0 Å². The molecule has 0 radical (unpaired) electrons. The minimum absolute atomic E-state index is 0.0946. The van der Waals surface area contributed by atoms with Crippen LogP contribution in [0.15, 0.2) is 78.9 Å². The third-order valence-corrected chi connectivity index (χ3v) is 4.69. The van der Waals surface area contributed by atoms with Crippen LogP contribution in [0.4, 0.5) is 5.69 Å². The molecule has 3 aromatic rings. The van der Waals surface area contributed by atoms with E-state index in [9.17, 15) is 9.59 Å². The van der Waals surface area contributed by atoms with Gasteiger partial charge in [-0.1, -0.05) is 32.0 Å². The van der Waals surface area contributed by atoms with Crippen LogP contribution in [0.3, 0.4) is 0 Å². The van der Waals surface area contributed by atoms with E-state index < -0.39 is 6.04 Å². The predicted molar refractivity (Wildman–Crippen MR) is 121 cm³/mol. The number of amides is 2. The molecule has 0 bridgehead atoms. The number of nitrogens with one attached hydrogen (secondary N) is 2. The third kappa shape index (κ3) is 6.09. The first-order valence-corrected chi connectivity index (χ1v) is 10.0. The van der Waals surface area contributed by atoms with Crippen molar-refractivity contribution in [1.82, 2.24) is 5.32 Å². The molecule has 0 aliphatic heterocycles. The summed E-state index contributed by atoms with van der Waals surface area (Å²) in [5.41, 5.74) is 1.08. The predicted octanol–water partition coefficient (Wildman–Crippen LogP) is 4.88. The molecule has 2 amide bonds. The average molecular weight is 418 g/mol. The Hall–Kier alpha value is -3.80. The molecular formula is C25H26N2O4. The molecule has 6 heteroatoms. The van der Waals surface area contributed by atoms with Gasteiger partial charge in [0.05, 0.1) is 7.11 Å². The highest BCUT2D eigenvalue weighted by Gasteiger charge is 2.25. The zero-order chi connectivity index (χ0) is 22.2. The zero-order valence-corrected chi connectivity index (χ0v) is 17.8. The van der Waals surface area contributed by atoms with Crippen molar-refractivity contribution in [2.24, 2.45) is 5.92 Å². The summed E-state index contributed by atoms with van der Waals surface area (Å²) in [4.78, 5) is 25.4. The number of hydrogen-bond donors (Lipinski definition) is 2. The smallest absolute Gasteiger partial charge is 0.251 e. The molecule has 0 fully saturated rings. The monoisotopic (exact) mass is 418 g/mol. The van der Waals surface area contributed by atoms with Crippen LogP contribution in [0.2, 0.25) is 0 Å². The van der Waals surface area contributed by atoms with E-state index in [1.807, 2.05) is 44.2 Å². The second-order valence-corrected chi connectivity index (χ2v) is 7.35. The van der Waals surface area contributed by atoms with Gasteiger partial charge in [-0.2, -0.15) is 0 Å². The van der Waals surface area contributed by atoms with Crippen molar-refractivity contribution in [3.05, 3.63) is 84.4 Å². The number of ether oxygens (including phenoxy) is 2. The Bertz CT molecular complexity index is 1000. The Morgan fingerprint density at radius 1 is 0.774 bits per heavy atom. The van der Waals surface area contributed by atoms with Gasteiger partial charge in [0.15, 0.2) is 0 Å². The summed E-state index contributed by atoms with van der Waals surface area (Å²) in [6.45, 7) is 3.77. The number of carbonyl (C=O) groups excluding carboxylic acids is 2. The summed E-state index contributed by atoms with van der Waals surface area (Å²) in [6.07, 6.45) is 0. The van der Waals surface area contributed by atoms with Gasteiger partial charge >= 0.3 is 0 Å². The lowest BCUT2D eigenvalue weighted by atomic mass is 10.0. The molecule has 0 spiro atoms. The number of methoxy groups -OCH3 is 1. The zero-order valence-electron chi connectivity index (χ0n) is 17.8. The van der Waals surface area contributed by atoms with Crippen molar-refractivity contribution < 1.29 is 19.1 Å². The molecule has 0 saturated carbocycles. The highest BCUT2D eigenvalue weighted by atomic mass is 16.5. The van der Waals surface area contributed by atoms with E-state index in [2.05, 4.69) is 10.6 Å². The lowest BCUT2D eigenvalue weighted by molar-refractivity contribution is -0.118. The average Bonchev–Trinajstić information content (AvgIpc) is 2.79. The van der Waals surface area contributed by atoms with Crippen molar-refractivity contribution in [2.75, 3.05) is 12.4 Å². The third-order valence-electron chi connectivity index (χ3n) is 4.69. The quantitative estimate of drug-likeness (QED) is 0.547. The van der Waals surface area contributed by atoms with Gasteiger partial charge < -0.3 is 20.1 Å². The molecule has 0 saturated heterocycles. The van der Waals surface area contributed by atoms with Crippen molar-refractivity contribution >= 4 is 17.5 Å². The van der Waals surface area contributed by atoms with E-state index in [0.29, 0.717) is 22.7 Å². The largest absolute Gasteiger partial charge is 0.497 e. The normalized spacial score (nSPS) is 11.5. The fourth-order valence-corrected chi connectivity index (χ4v) is 2.95. The van der Waals surface area contributed by atoms with Crippen LogP contribution in [-0.2, 0) is 4.79 Å². The molecule has 1 unspecified atom stereocenters. The van der Waals surface area contributed by atoms with Crippen LogP contribution >= 0.6 is 0 Å². The van der Waals surface area contributed by atoms with Gasteiger partial charge in [0, 0.05) is 11.3 Å². The number of benzene rings is 3. The lowest BCUT2D eigenvalue weighted by Crippen LogP contribution is -2.47. The summed E-state index contributed by atoms with van der Waals surface area (Å²) in [6, 6.07) is 22.6. The second kappa shape index (κ2) is 10.3. The second-order valence-electron chi connectivity index (χ2n) is 7.35. The first-order valence-electron chi connectivity index (χ1n) is 10.0.